The first kappa shape index (κ1) is 10.4. The molecule has 0 bridgehead atoms. The van der Waals surface area contributed by atoms with Gasteiger partial charge in [0.05, 0.1) is 18.3 Å². The van der Waals surface area contributed by atoms with Crippen LogP contribution in [0.3, 0.4) is 0 Å². The molecule has 0 radical (unpaired) electrons. The number of ether oxygens (including phenoxy) is 2. The summed E-state index contributed by atoms with van der Waals surface area (Å²) in [5.74, 6) is 0.287. The summed E-state index contributed by atoms with van der Waals surface area (Å²) in [5, 5.41) is 9.70. The van der Waals surface area contributed by atoms with Crippen molar-refractivity contribution in [3.8, 4) is 0 Å². The maximum atomic E-state index is 9.70. The molecular formula is C10H19NO3. The molecule has 0 aromatic rings. The van der Waals surface area contributed by atoms with Gasteiger partial charge in [-0.2, -0.15) is 0 Å². The van der Waals surface area contributed by atoms with E-state index in [1.807, 2.05) is 0 Å². The minimum absolute atomic E-state index is 0.112. The SMILES string of the molecule is NCC(O)C1CCOC2(CCOC2)C1. The number of hydrogen-bond donors (Lipinski definition) is 2. The Hall–Kier alpha value is -0.160. The van der Waals surface area contributed by atoms with Crippen LogP contribution in [0.15, 0.2) is 0 Å². The number of nitrogens with two attached hydrogens (primary N) is 1. The van der Waals surface area contributed by atoms with Gasteiger partial charge in [0.2, 0.25) is 0 Å². The van der Waals surface area contributed by atoms with E-state index in [9.17, 15) is 5.11 Å². The van der Waals surface area contributed by atoms with Gasteiger partial charge in [-0.3, -0.25) is 0 Å². The van der Waals surface area contributed by atoms with Gasteiger partial charge in [-0.25, -0.2) is 0 Å². The Bertz CT molecular complexity index is 192. The molecule has 14 heavy (non-hydrogen) atoms. The van der Waals surface area contributed by atoms with Crippen molar-refractivity contribution < 1.29 is 14.6 Å². The number of hydrogen-bond acceptors (Lipinski definition) is 4. The topological polar surface area (TPSA) is 64.7 Å². The third-order valence-corrected chi connectivity index (χ3v) is 3.38. The summed E-state index contributed by atoms with van der Waals surface area (Å²) in [7, 11) is 0. The number of aliphatic hydroxyl groups excluding tert-OH is 1. The molecule has 3 unspecified atom stereocenters. The van der Waals surface area contributed by atoms with Crippen LogP contribution in [0, 0.1) is 5.92 Å². The lowest BCUT2D eigenvalue weighted by Gasteiger charge is -2.38. The van der Waals surface area contributed by atoms with E-state index >= 15 is 0 Å². The van der Waals surface area contributed by atoms with E-state index in [1.165, 1.54) is 0 Å². The molecule has 4 nitrogen and oxygen atoms in total. The molecule has 2 saturated heterocycles. The second kappa shape index (κ2) is 4.14. The van der Waals surface area contributed by atoms with Crippen LogP contribution in [0.1, 0.15) is 19.3 Å². The van der Waals surface area contributed by atoms with Gasteiger partial charge in [-0.05, 0) is 18.8 Å². The fourth-order valence-electron chi connectivity index (χ4n) is 2.45. The van der Waals surface area contributed by atoms with E-state index in [1.54, 1.807) is 0 Å². The van der Waals surface area contributed by atoms with E-state index in [0.29, 0.717) is 13.2 Å². The Morgan fingerprint density at radius 2 is 2.36 bits per heavy atom. The van der Waals surface area contributed by atoms with Crippen molar-refractivity contribution in [3.63, 3.8) is 0 Å². The highest BCUT2D eigenvalue weighted by Crippen LogP contribution is 2.36. The molecule has 0 amide bonds. The summed E-state index contributed by atoms with van der Waals surface area (Å²) in [4.78, 5) is 0. The molecule has 0 aromatic heterocycles. The fraction of sp³-hybridized carbons (Fsp3) is 1.00. The van der Waals surface area contributed by atoms with Crippen molar-refractivity contribution in [2.75, 3.05) is 26.4 Å². The average Bonchev–Trinajstić information content (AvgIpc) is 2.65. The maximum absolute atomic E-state index is 9.70. The standard InChI is InChI=1S/C10H19NO3/c11-6-9(12)8-1-3-14-10(5-8)2-4-13-7-10/h8-9,12H,1-7,11H2. The predicted octanol–water partition coefficient (Wildman–Crippen LogP) is -0.108. The molecule has 3 N–H and O–H groups in total. The zero-order valence-electron chi connectivity index (χ0n) is 8.45. The minimum atomic E-state index is -0.378. The zero-order valence-corrected chi connectivity index (χ0v) is 8.45. The van der Waals surface area contributed by atoms with Crippen LogP contribution in [-0.2, 0) is 9.47 Å². The lowest BCUT2D eigenvalue weighted by atomic mass is 9.82. The molecule has 1 spiro atoms. The van der Waals surface area contributed by atoms with Crippen molar-refractivity contribution in [2.24, 2.45) is 11.7 Å². The number of rotatable bonds is 2. The van der Waals surface area contributed by atoms with Gasteiger partial charge in [0.1, 0.15) is 0 Å². The molecule has 0 aromatic carbocycles. The van der Waals surface area contributed by atoms with Crippen molar-refractivity contribution in [3.05, 3.63) is 0 Å². The Kier molecular flexibility index (Phi) is 3.07. The lowest BCUT2D eigenvalue weighted by molar-refractivity contribution is -0.115. The van der Waals surface area contributed by atoms with Crippen LogP contribution in [0.5, 0.6) is 0 Å². The molecule has 3 atom stereocenters. The van der Waals surface area contributed by atoms with Crippen molar-refractivity contribution in [1.82, 2.24) is 0 Å². The Morgan fingerprint density at radius 1 is 1.50 bits per heavy atom. The Balaban J connectivity index is 1.96. The molecule has 2 fully saturated rings. The molecule has 2 aliphatic rings. The Labute approximate surface area is 84.4 Å². The predicted molar refractivity (Wildman–Crippen MR) is 51.9 cm³/mol. The summed E-state index contributed by atoms with van der Waals surface area (Å²) in [6.07, 6.45) is 2.39. The average molecular weight is 201 g/mol. The van der Waals surface area contributed by atoms with E-state index < -0.39 is 0 Å². The normalized spacial score (nSPS) is 40.3. The van der Waals surface area contributed by atoms with Crippen molar-refractivity contribution >= 4 is 0 Å². The summed E-state index contributed by atoms with van der Waals surface area (Å²) >= 11 is 0. The first-order valence-electron chi connectivity index (χ1n) is 5.36. The molecule has 2 aliphatic heterocycles. The quantitative estimate of drug-likeness (QED) is 0.654. The van der Waals surface area contributed by atoms with Crippen molar-refractivity contribution in [1.29, 1.82) is 0 Å². The second-order valence-corrected chi connectivity index (χ2v) is 4.39. The lowest BCUT2D eigenvalue weighted by Crippen LogP contribution is -2.45. The first-order chi connectivity index (χ1) is 6.76. The van der Waals surface area contributed by atoms with Gasteiger partial charge in [0.15, 0.2) is 0 Å². The summed E-state index contributed by atoms with van der Waals surface area (Å²) in [6.45, 7) is 2.54. The Morgan fingerprint density at radius 3 is 3.00 bits per heavy atom. The second-order valence-electron chi connectivity index (χ2n) is 4.39. The van der Waals surface area contributed by atoms with Gasteiger partial charge in [0, 0.05) is 26.2 Å². The molecule has 82 valence electrons. The van der Waals surface area contributed by atoms with Crippen LogP contribution in [-0.4, -0.2) is 43.2 Å². The monoisotopic (exact) mass is 201 g/mol. The van der Waals surface area contributed by atoms with Gasteiger partial charge >= 0.3 is 0 Å². The molecular weight excluding hydrogens is 182 g/mol. The largest absolute Gasteiger partial charge is 0.392 e. The van der Waals surface area contributed by atoms with Crippen LogP contribution in [0.4, 0.5) is 0 Å². The van der Waals surface area contributed by atoms with Gasteiger partial charge < -0.3 is 20.3 Å². The van der Waals surface area contributed by atoms with Gasteiger partial charge in [0.25, 0.3) is 0 Å². The highest BCUT2D eigenvalue weighted by Gasteiger charge is 2.42. The minimum Gasteiger partial charge on any atom is -0.392 e. The summed E-state index contributed by atoms with van der Waals surface area (Å²) < 4.78 is 11.1. The molecule has 0 aliphatic carbocycles. The fourth-order valence-corrected chi connectivity index (χ4v) is 2.45. The first-order valence-corrected chi connectivity index (χ1v) is 5.36. The molecule has 0 saturated carbocycles. The van der Waals surface area contributed by atoms with E-state index in [2.05, 4.69) is 0 Å². The van der Waals surface area contributed by atoms with Crippen LogP contribution >= 0.6 is 0 Å². The van der Waals surface area contributed by atoms with Crippen LogP contribution in [0.2, 0.25) is 0 Å². The zero-order chi connectivity index (χ0) is 10.0. The third-order valence-electron chi connectivity index (χ3n) is 3.38. The highest BCUT2D eigenvalue weighted by molar-refractivity contribution is 4.92. The summed E-state index contributed by atoms with van der Waals surface area (Å²) in [6, 6.07) is 0. The van der Waals surface area contributed by atoms with Crippen molar-refractivity contribution in [2.45, 2.75) is 31.0 Å². The van der Waals surface area contributed by atoms with E-state index in [-0.39, 0.29) is 17.6 Å². The van der Waals surface area contributed by atoms with Gasteiger partial charge in [-0.1, -0.05) is 0 Å². The van der Waals surface area contributed by atoms with E-state index in [0.717, 1.165) is 32.5 Å². The smallest absolute Gasteiger partial charge is 0.0940 e. The van der Waals surface area contributed by atoms with Gasteiger partial charge in [-0.15, -0.1) is 0 Å². The van der Waals surface area contributed by atoms with E-state index in [4.69, 9.17) is 15.2 Å². The molecule has 2 rings (SSSR count). The maximum Gasteiger partial charge on any atom is 0.0940 e. The third kappa shape index (κ3) is 1.93. The molecule has 2 heterocycles. The molecule has 4 heteroatoms. The van der Waals surface area contributed by atoms with Crippen LogP contribution < -0.4 is 5.73 Å². The van der Waals surface area contributed by atoms with Crippen LogP contribution in [0.25, 0.3) is 0 Å². The summed E-state index contributed by atoms with van der Waals surface area (Å²) in [5.41, 5.74) is 5.36. The highest BCUT2D eigenvalue weighted by atomic mass is 16.6. The number of aliphatic hydroxyl groups is 1.